The molecule has 0 unspecified atom stereocenters. The van der Waals surface area contributed by atoms with Gasteiger partial charge in [-0.3, -0.25) is 19.9 Å². The molecule has 8 nitrogen and oxygen atoms in total. The van der Waals surface area contributed by atoms with Crippen LogP contribution in [-0.2, 0) is 16.9 Å². The number of aromatic nitrogens is 1. The van der Waals surface area contributed by atoms with Crippen molar-refractivity contribution in [3.63, 3.8) is 0 Å². The lowest BCUT2D eigenvalue weighted by Gasteiger charge is -2.28. The van der Waals surface area contributed by atoms with Crippen LogP contribution in [0, 0.1) is 6.92 Å². The van der Waals surface area contributed by atoms with Gasteiger partial charge in [0.15, 0.2) is 11.1 Å². The van der Waals surface area contributed by atoms with Crippen LogP contribution >= 0.6 is 0 Å². The third kappa shape index (κ3) is 2.31. The van der Waals surface area contributed by atoms with Crippen LogP contribution in [0.4, 0.5) is 4.79 Å². The number of benzene rings is 1. The van der Waals surface area contributed by atoms with Gasteiger partial charge >= 0.3 is 6.03 Å². The first-order valence-corrected chi connectivity index (χ1v) is 8.84. The quantitative estimate of drug-likeness (QED) is 0.679. The first-order valence-electron chi connectivity index (χ1n) is 8.84. The molecule has 4 amide bonds. The molecule has 0 spiro atoms. The molecular weight excluding hydrogens is 360 g/mol. The van der Waals surface area contributed by atoms with Crippen molar-refractivity contribution in [1.29, 1.82) is 0 Å². The standard InChI is InChI=1S/C20H16N4O4/c1-11-4-5-12-9-24(17(25)13(12)7-11)10-20(18(26)22-19(27)23-20)16-8-14-15(28-16)3-2-6-21-14/h2-8H,9-10H2,1H3,(H2,22,23,26,27)/t20-/m1/s1. The van der Waals surface area contributed by atoms with Gasteiger partial charge in [0.1, 0.15) is 11.3 Å². The molecular formula is C20H16N4O4. The number of nitrogens with zero attached hydrogens (tertiary/aromatic N) is 2. The zero-order valence-corrected chi connectivity index (χ0v) is 15.0. The molecule has 8 heteroatoms. The van der Waals surface area contributed by atoms with E-state index in [0.29, 0.717) is 23.2 Å². The molecule has 1 fully saturated rings. The largest absolute Gasteiger partial charge is 0.456 e. The highest BCUT2D eigenvalue weighted by Gasteiger charge is 2.53. The second kappa shape index (κ2) is 5.66. The molecule has 0 radical (unpaired) electrons. The molecule has 2 aromatic heterocycles. The summed E-state index contributed by atoms with van der Waals surface area (Å²) >= 11 is 0. The number of hydrogen-bond acceptors (Lipinski definition) is 5. The second-order valence-electron chi connectivity index (χ2n) is 7.13. The number of aryl methyl sites for hydroxylation is 1. The predicted octanol–water partition coefficient (Wildman–Crippen LogP) is 1.83. The molecule has 3 aromatic rings. The first-order chi connectivity index (χ1) is 13.5. The Kier molecular flexibility index (Phi) is 3.33. The molecule has 0 bridgehead atoms. The normalized spacial score (nSPS) is 21.2. The van der Waals surface area contributed by atoms with E-state index in [0.717, 1.165) is 11.1 Å². The topological polar surface area (TPSA) is 105 Å². The lowest BCUT2D eigenvalue weighted by atomic mass is 9.95. The maximum Gasteiger partial charge on any atom is 0.322 e. The number of pyridine rings is 1. The summed E-state index contributed by atoms with van der Waals surface area (Å²) in [5.74, 6) is -0.498. The van der Waals surface area contributed by atoms with Gasteiger partial charge in [0, 0.05) is 24.4 Å². The number of urea groups is 1. The lowest BCUT2D eigenvalue weighted by Crippen LogP contribution is -2.52. The van der Waals surface area contributed by atoms with Crippen molar-refractivity contribution in [2.75, 3.05) is 6.54 Å². The predicted molar refractivity (Wildman–Crippen MR) is 98.3 cm³/mol. The van der Waals surface area contributed by atoms with E-state index in [2.05, 4.69) is 15.6 Å². The highest BCUT2D eigenvalue weighted by molar-refractivity contribution is 6.08. The highest BCUT2D eigenvalue weighted by Crippen LogP contribution is 2.33. The van der Waals surface area contributed by atoms with E-state index >= 15 is 0 Å². The van der Waals surface area contributed by atoms with Crippen LogP contribution in [0.3, 0.4) is 0 Å². The fourth-order valence-electron chi connectivity index (χ4n) is 3.82. The van der Waals surface area contributed by atoms with E-state index in [9.17, 15) is 14.4 Å². The summed E-state index contributed by atoms with van der Waals surface area (Å²) in [5.41, 5.74) is 2.05. The number of fused-ring (bicyclic) bond motifs is 2. The van der Waals surface area contributed by atoms with Crippen LogP contribution in [0.1, 0.15) is 27.2 Å². The SMILES string of the molecule is Cc1ccc2c(c1)C(=O)N(C[C@]1(c3cc4ncccc4o3)NC(=O)NC1=O)C2. The van der Waals surface area contributed by atoms with Gasteiger partial charge in [-0.15, -0.1) is 0 Å². The van der Waals surface area contributed by atoms with Crippen molar-refractivity contribution < 1.29 is 18.8 Å². The van der Waals surface area contributed by atoms with Crippen molar-refractivity contribution in [3.8, 4) is 0 Å². The molecule has 0 saturated carbocycles. The number of carbonyl (C=O) groups is 3. The highest BCUT2D eigenvalue weighted by atomic mass is 16.3. The number of furan rings is 1. The summed E-state index contributed by atoms with van der Waals surface area (Å²) in [4.78, 5) is 43.4. The maximum absolute atomic E-state index is 12.9. The Morgan fingerprint density at radius 3 is 2.82 bits per heavy atom. The van der Waals surface area contributed by atoms with Crippen LogP contribution in [0.2, 0.25) is 0 Å². The van der Waals surface area contributed by atoms with Gasteiger partial charge in [-0.25, -0.2) is 4.79 Å². The van der Waals surface area contributed by atoms with Crippen molar-refractivity contribution in [2.45, 2.75) is 19.0 Å². The average Bonchev–Trinajstić information content (AvgIpc) is 3.31. The fourth-order valence-corrected chi connectivity index (χ4v) is 3.82. The van der Waals surface area contributed by atoms with E-state index in [-0.39, 0.29) is 18.2 Å². The molecule has 1 saturated heterocycles. The average molecular weight is 376 g/mol. The summed E-state index contributed by atoms with van der Waals surface area (Å²) < 4.78 is 5.84. The number of hydrogen-bond donors (Lipinski definition) is 2. The number of rotatable bonds is 3. The molecule has 2 N–H and O–H groups in total. The van der Waals surface area contributed by atoms with Crippen molar-refractivity contribution in [2.24, 2.45) is 0 Å². The Morgan fingerprint density at radius 2 is 2.07 bits per heavy atom. The molecule has 5 rings (SSSR count). The molecule has 0 aliphatic carbocycles. The van der Waals surface area contributed by atoms with Gasteiger partial charge in [0.2, 0.25) is 0 Å². The molecule has 2 aliphatic heterocycles. The van der Waals surface area contributed by atoms with Crippen molar-refractivity contribution in [3.05, 3.63) is 65.0 Å². The molecule has 4 heterocycles. The number of amides is 4. The number of nitrogens with one attached hydrogen (secondary N) is 2. The molecule has 2 aliphatic rings. The third-order valence-corrected chi connectivity index (χ3v) is 5.22. The van der Waals surface area contributed by atoms with E-state index in [1.54, 1.807) is 29.3 Å². The minimum Gasteiger partial charge on any atom is -0.456 e. The minimum atomic E-state index is -1.51. The van der Waals surface area contributed by atoms with Gasteiger partial charge < -0.3 is 14.6 Å². The lowest BCUT2D eigenvalue weighted by molar-refractivity contribution is -0.125. The number of carbonyl (C=O) groups excluding carboxylic acids is 3. The van der Waals surface area contributed by atoms with Gasteiger partial charge in [-0.05, 0) is 30.7 Å². The monoisotopic (exact) mass is 376 g/mol. The second-order valence-corrected chi connectivity index (χ2v) is 7.13. The van der Waals surface area contributed by atoms with Gasteiger partial charge in [-0.1, -0.05) is 17.7 Å². The Morgan fingerprint density at radius 1 is 1.21 bits per heavy atom. The Balaban J connectivity index is 1.56. The van der Waals surface area contributed by atoms with Gasteiger partial charge in [0.25, 0.3) is 11.8 Å². The van der Waals surface area contributed by atoms with E-state index in [1.165, 1.54) is 0 Å². The molecule has 1 atom stereocenters. The Labute approximate surface area is 159 Å². The van der Waals surface area contributed by atoms with Crippen LogP contribution in [0.15, 0.2) is 47.0 Å². The third-order valence-electron chi connectivity index (χ3n) is 5.22. The van der Waals surface area contributed by atoms with Gasteiger partial charge in [0.05, 0.1) is 6.54 Å². The molecule has 140 valence electrons. The van der Waals surface area contributed by atoms with E-state index < -0.39 is 17.5 Å². The van der Waals surface area contributed by atoms with Crippen LogP contribution in [-0.4, -0.2) is 34.3 Å². The van der Waals surface area contributed by atoms with E-state index in [4.69, 9.17) is 4.42 Å². The zero-order chi connectivity index (χ0) is 19.5. The van der Waals surface area contributed by atoms with E-state index in [1.807, 2.05) is 25.1 Å². The summed E-state index contributed by atoms with van der Waals surface area (Å²) in [5, 5.41) is 4.93. The summed E-state index contributed by atoms with van der Waals surface area (Å²) in [6.45, 7) is 2.23. The van der Waals surface area contributed by atoms with Crippen molar-refractivity contribution in [1.82, 2.24) is 20.5 Å². The first kappa shape index (κ1) is 16.5. The number of imide groups is 1. The van der Waals surface area contributed by atoms with Gasteiger partial charge in [-0.2, -0.15) is 0 Å². The maximum atomic E-state index is 12.9. The zero-order valence-electron chi connectivity index (χ0n) is 15.0. The van der Waals surface area contributed by atoms with Crippen LogP contribution < -0.4 is 10.6 Å². The Hall–Kier alpha value is -3.68. The summed E-state index contributed by atoms with van der Waals surface area (Å²) in [6, 6.07) is 10.1. The molecule has 28 heavy (non-hydrogen) atoms. The van der Waals surface area contributed by atoms with Crippen LogP contribution in [0.25, 0.3) is 11.1 Å². The molecule has 1 aromatic carbocycles. The Bertz CT molecular complexity index is 1130. The minimum absolute atomic E-state index is 0.0447. The smallest absolute Gasteiger partial charge is 0.322 e. The fraction of sp³-hybridized carbons (Fsp3) is 0.200. The summed E-state index contributed by atoms with van der Waals surface area (Å²) in [7, 11) is 0. The van der Waals surface area contributed by atoms with Crippen LogP contribution in [0.5, 0.6) is 0 Å². The summed E-state index contributed by atoms with van der Waals surface area (Å²) in [6.07, 6.45) is 1.62. The van der Waals surface area contributed by atoms with Crippen molar-refractivity contribution >= 4 is 28.9 Å².